The smallest absolute Gasteiger partial charge is 0.378 e. The number of benzene rings is 1. The summed E-state index contributed by atoms with van der Waals surface area (Å²) < 4.78 is 43.8. The molecule has 108 valence electrons. The van der Waals surface area contributed by atoms with Crippen LogP contribution >= 0.6 is 15.9 Å². The number of rotatable bonds is 3. The number of hydrogen-bond acceptors (Lipinski definition) is 2. The summed E-state index contributed by atoms with van der Waals surface area (Å²) in [6.45, 7) is 0.184. The summed E-state index contributed by atoms with van der Waals surface area (Å²) in [5, 5.41) is 2.78. The van der Waals surface area contributed by atoms with E-state index in [2.05, 4.69) is 21.0 Å². The number of aromatic nitrogens is 2. The van der Waals surface area contributed by atoms with Crippen molar-refractivity contribution in [3.05, 3.63) is 50.3 Å². The summed E-state index contributed by atoms with van der Waals surface area (Å²) in [5.74, 6) is 0. The Balaban J connectivity index is 2.42. The zero-order valence-electron chi connectivity index (χ0n) is 10.3. The molecule has 0 fully saturated rings. The molecule has 0 radical (unpaired) electrons. The lowest BCUT2D eigenvalue weighted by Crippen LogP contribution is -2.15. The van der Waals surface area contributed by atoms with Crippen LogP contribution in [0.2, 0.25) is 0 Å². The molecule has 0 bridgehead atoms. The summed E-state index contributed by atoms with van der Waals surface area (Å²) in [4.78, 5) is 12.0. The van der Waals surface area contributed by atoms with E-state index in [1.54, 1.807) is 0 Å². The summed E-state index contributed by atoms with van der Waals surface area (Å²) in [7, 11) is 1.47. The number of methoxy groups -OCH3 is 1. The molecule has 0 aliphatic heterocycles. The molecule has 0 saturated heterocycles. The molecule has 1 N–H and O–H groups in total. The van der Waals surface area contributed by atoms with Gasteiger partial charge in [-0.3, -0.25) is 9.89 Å². The Kier molecular flexibility index (Phi) is 4.05. The van der Waals surface area contributed by atoms with Gasteiger partial charge >= 0.3 is 6.18 Å². The fourth-order valence-electron chi connectivity index (χ4n) is 1.68. The lowest BCUT2D eigenvalue weighted by Gasteiger charge is -2.07. The fraction of sp³-hybridized carbons (Fsp3) is 0.250. The van der Waals surface area contributed by atoms with Crippen LogP contribution in [0.5, 0.6) is 0 Å². The Morgan fingerprint density at radius 3 is 2.40 bits per heavy atom. The Bertz CT molecular complexity index is 659. The van der Waals surface area contributed by atoms with Crippen LogP contribution < -0.4 is 5.56 Å². The predicted molar refractivity (Wildman–Crippen MR) is 69.8 cm³/mol. The molecule has 0 spiro atoms. The molecule has 0 saturated carbocycles. The van der Waals surface area contributed by atoms with E-state index in [9.17, 15) is 18.0 Å². The van der Waals surface area contributed by atoms with Crippen LogP contribution in [0.25, 0.3) is 5.69 Å². The van der Waals surface area contributed by atoms with E-state index in [4.69, 9.17) is 4.74 Å². The van der Waals surface area contributed by atoms with E-state index in [1.807, 2.05) is 0 Å². The first-order valence-corrected chi connectivity index (χ1v) is 6.30. The molecule has 1 aromatic carbocycles. The first-order valence-electron chi connectivity index (χ1n) is 5.50. The maximum atomic E-state index is 12.5. The number of alkyl halides is 3. The SMILES string of the molecule is COCc1[nH]n(-c2ccc(C(F)(F)F)cc2)c(=O)c1Br. The molecule has 0 aliphatic carbocycles. The van der Waals surface area contributed by atoms with Crippen molar-refractivity contribution >= 4 is 15.9 Å². The van der Waals surface area contributed by atoms with Crippen molar-refractivity contribution in [2.75, 3.05) is 7.11 Å². The molecule has 1 aromatic heterocycles. The first kappa shape index (κ1) is 14.9. The van der Waals surface area contributed by atoms with Gasteiger partial charge < -0.3 is 4.74 Å². The van der Waals surface area contributed by atoms with Crippen LogP contribution in [0.4, 0.5) is 13.2 Å². The van der Waals surface area contributed by atoms with E-state index in [0.717, 1.165) is 16.8 Å². The standard InChI is InChI=1S/C12H10BrF3N2O2/c1-20-6-9-10(13)11(19)18(17-9)8-4-2-7(3-5-8)12(14,15)16/h2-5,17H,6H2,1H3. The second kappa shape index (κ2) is 5.45. The second-order valence-electron chi connectivity index (χ2n) is 4.02. The van der Waals surface area contributed by atoms with Gasteiger partial charge in [0.05, 0.1) is 23.6 Å². The van der Waals surface area contributed by atoms with Crippen molar-refractivity contribution in [1.29, 1.82) is 0 Å². The molecule has 8 heteroatoms. The Morgan fingerprint density at radius 2 is 1.90 bits per heavy atom. The number of ether oxygens (including phenoxy) is 1. The largest absolute Gasteiger partial charge is 0.416 e. The highest BCUT2D eigenvalue weighted by atomic mass is 79.9. The quantitative estimate of drug-likeness (QED) is 0.924. The van der Waals surface area contributed by atoms with Crippen molar-refractivity contribution in [2.24, 2.45) is 0 Å². The molecule has 0 atom stereocenters. The minimum Gasteiger partial charge on any atom is -0.378 e. The Morgan fingerprint density at radius 1 is 1.30 bits per heavy atom. The number of nitrogens with zero attached hydrogens (tertiary/aromatic N) is 1. The maximum absolute atomic E-state index is 12.5. The first-order chi connectivity index (χ1) is 9.34. The summed E-state index contributed by atoms with van der Waals surface area (Å²) in [6, 6.07) is 4.30. The molecular formula is C12H10BrF3N2O2. The zero-order valence-corrected chi connectivity index (χ0v) is 11.9. The highest BCUT2D eigenvalue weighted by Gasteiger charge is 2.30. The van der Waals surface area contributed by atoms with Gasteiger partial charge in [-0.15, -0.1) is 0 Å². The van der Waals surface area contributed by atoms with Gasteiger partial charge in [-0.25, -0.2) is 4.68 Å². The van der Waals surface area contributed by atoms with Gasteiger partial charge in [0.15, 0.2) is 0 Å². The molecule has 0 unspecified atom stereocenters. The van der Waals surface area contributed by atoms with Crippen LogP contribution in [0.1, 0.15) is 11.3 Å². The zero-order chi connectivity index (χ0) is 14.9. The molecular weight excluding hydrogens is 341 g/mol. The van der Waals surface area contributed by atoms with Crippen LogP contribution in [0, 0.1) is 0 Å². The summed E-state index contributed by atoms with van der Waals surface area (Å²) >= 11 is 3.12. The van der Waals surface area contributed by atoms with E-state index in [0.29, 0.717) is 15.9 Å². The second-order valence-corrected chi connectivity index (χ2v) is 4.82. The average Bonchev–Trinajstić information content (AvgIpc) is 2.67. The molecule has 2 aromatic rings. The van der Waals surface area contributed by atoms with Crippen LogP contribution in [-0.2, 0) is 17.5 Å². The van der Waals surface area contributed by atoms with Crippen molar-refractivity contribution in [3.8, 4) is 5.69 Å². The Hall–Kier alpha value is -1.54. The summed E-state index contributed by atoms with van der Waals surface area (Å²) in [6.07, 6.45) is -4.40. The van der Waals surface area contributed by atoms with Crippen LogP contribution in [-0.4, -0.2) is 16.9 Å². The minimum absolute atomic E-state index is 0.184. The van der Waals surface area contributed by atoms with Gasteiger partial charge in [-0.05, 0) is 40.2 Å². The number of aromatic amines is 1. The third-order valence-corrected chi connectivity index (χ3v) is 3.46. The Labute approximate surface area is 120 Å². The maximum Gasteiger partial charge on any atom is 0.416 e. The van der Waals surface area contributed by atoms with Crippen molar-refractivity contribution in [1.82, 2.24) is 9.78 Å². The van der Waals surface area contributed by atoms with Gasteiger partial charge in [0.1, 0.15) is 4.47 Å². The lowest BCUT2D eigenvalue weighted by atomic mass is 10.2. The van der Waals surface area contributed by atoms with Crippen LogP contribution in [0.3, 0.4) is 0 Å². The number of H-pyrrole nitrogens is 1. The van der Waals surface area contributed by atoms with E-state index in [-0.39, 0.29) is 6.61 Å². The highest BCUT2D eigenvalue weighted by molar-refractivity contribution is 9.10. The minimum atomic E-state index is -4.40. The predicted octanol–water partition coefficient (Wildman–Crippen LogP) is 3.09. The van der Waals surface area contributed by atoms with Gasteiger partial charge in [0.25, 0.3) is 5.56 Å². The van der Waals surface area contributed by atoms with E-state index < -0.39 is 17.3 Å². The topological polar surface area (TPSA) is 47.0 Å². The normalized spacial score (nSPS) is 11.8. The highest BCUT2D eigenvalue weighted by Crippen LogP contribution is 2.29. The van der Waals surface area contributed by atoms with Gasteiger partial charge in [-0.1, -0.05) is 0 Å². The van der Waals surface area contributed by atoms with Gasteiger partial charge in [0, 0.05) is 7.11 Å². The average molecular weight is 351 g/mol. The van der Waals surface area contributed by atoms with Crippen molar-refractivity contribution in [2.45, 2.75) is 12.8 Å². The van der Waals surface area contributed by atoms with Gasteiger partial charge in [0.2, 0.25) is 0 Å². The molecule has 1 heterocycles. The van der Waals surface area contributed by atoms with Crippen LogP contribution in [0.15, 0.2) is 33.5 Å². The molecule has 0 amide bonds. The van der Waals surface area contributed by atoms with Crippen molar-refractivity contribution < 1.29 is 17.9 Å². The molecule has 4 nitrogen and oxygen atoms in total. The lowest BCUT2D eigenvalue weighted by molar-refractivity contribution is -0.137. The number of nitrogens with one attached hydrogen (secondary N) is 1. The van der Waals surface area contributed by atoms with E-state index >= 15 is 0 Å². The summed E-state index contributed by atoms with van der Waals surface area (Å²) in [5.41, 5.74) is -0.336. The molecule has 20 heavy (non-hydrogen) atoms. The fourth-order valence-corrected chi connectivity index (χ4v) is 2.06. The number of hydrogen-bond donors (Lipinski definition) is 1. The third kappa shape index (κ3) is 2.80. The molecule has 0 aliphatic rings. The van der Waals surface area contributed by atoms with Gasteiger partial charge in [-0.2, -0.15) is 13.2 Å². The number of halogens is 4. The monoisotopic (exact) mass is 350 g/mol. The van der Waals surface area contributed by atoms with E-state index in [1.165, 1.54) is 19.2 Å². The third-order valence-electron chi connectivity index (χ3n) is 2.64. The van der Waals surface area contributed by atoms with Crippen molar-refractivity contribution in [3.63, 3.8) is 0 Å². The molecule has 2 rings (SSSR count).